The molecule has 20 heavy (non-hydrogen) atoms. The molecule has 0 fully saturated rings. The fourth-order valence-corrected chi connectivity index (χ4v) is 1.59. The fourth-order valence-electron chi connectivity index (χ4n) is 1.59. The van der Waals surface area contributed by atoms with Crippen LogP contribution in [0.5, 0.6) is 11.6 Å². The maximum absolute atomic E-state index is 11.5. The number of carbonyl (C=O) groups is 1. The molecule has 0 aliphatic rings. The van der Waals surface area contributed by atoms with E-state index in [0.717, 1.165) is 5.56 Å². The Bertz CT molecular complexity index is 611. The van der Waals surface area contributed by atoms with Crippen molar-refractivity contribution in [2.75, 3.05) is 12.3 Å². The molecule has 0 bridgehead atoms. The maximum atomic E-state index is 11.5. The number of benzene rings is 1. The number of anilines is 1. The third-order valence-electron chi connectivity index (χ3n) is 2.59. The number of nitrogens with two attached hydrogens (primary N) is 1. The van der Waals surface area contributed by atoms with Gasteiger partial charge in [-0.2, -0.15) is 0 Å². The molecule has 0 radical (unpaired) electrons. The summed E-state index contributed by atoms with van der Waals surface area (Å²) in [6.45, 7) is 4.32. The van der Waals surface area contributed by atoms with Gasteiger partial charge in [-0.15, -0.1) is 10.2 Å². The molecule has 0 aliphatic carbocycles. The zero-order chi connectivity index (χ0) is 14.5. The van der Waals surface area contributed by atoms with E-state index in [0.29, 0.717) is 18.0 Å². The highest BCUT2D eigenvalue weighted by atomic mass is 16.5. The van der Waals surface area contributed by atoms with E-state index in [9.17, 15) is 4.79 Å². The molecule has 104 valence electrons. The number of amides is 1. The smallest absolute Gasteiger partial charge is 0.271 e. The average Bonchev–Trinajstić information content (AvgIpc) is 2.44. The quantitative estimate of drug-likeness (QED) is 0.830. The van der Waals surface area contributed by atoms with Gasteiger partial charge in [-0.3, -0.25) is 4.79 Å². The number of carbonyl (C=O) groups excluding carboxylic acids is 1. The number of hydrogen-bond acceptors (Lipinski definition) is 5. The van der Waals surface area contributed by atoms with Gasteiger partial charge < -0.3 is 15.8 Å². The molecule has 0 unspecified atom stereocenters. The van der Waals surface area contributed by atoms with Crippen molar-refractivity contribution in [2.24, 2.45) is 0 Å². The molecule has 0 spiro atoms. The van der Waals surface area contributed by atoms with Gasteiger partial charge in [0.1, 0.15) is 0 Å². The Morgan fingerprint density at radius 3 is 2.75 bits per heavy atom. The SMILES string of the molecule is CCNC(=O)c1ccc(Oc2cc(C)ccc2N)nn1. The van der Waals surface area contributed by atoms with E-state index in [1.807, 2.05) is 26.0 Å². The van der Waals surface area contributed by atoms with Crippen LogP contribution in [0.25, 0.3) is 0 Å². The van der Waals surface area contributed by atoms with Crippen LogP contribution in [0, 0.1) is 6.92 Å². The highest BCUT2D eigenvalue weighted by Gasteiger charge is 2.08. The van der Waals surface area contributed by atoms with Crippen molar-refractivity contribution in [3.8, 4) is 11.6 Å². The second-order valence-corrected chi connectivity index (χ2v) is 4.26. The van der Waals surface area contributed by atoms with Crippen LogP contribution in [-0.4, -0.2) is 22.6 Å². The molecule has 6 heteroatoms. The summed E-state index contributed by atoms with van der Waals surface area (Å²) in [6, 6.07) is 8.61. The summed E-state index contributed by atoms with van der Waals surface area (Å²) in [5.41, 5.74) is 7.61. The number of nitrogen functional groups attached to an aromatic ring is 1. The van der Waals surface area contributed by atoms with Crippen molar-refractivity contribution < 1.29 is 9.53 Å². The summed E-state index contributed by atoms with van der Waals surface area (Å²) < 4.78 is 5.55. The number of hydrogen-bond donors (Lipinski definition) is 2. The van der Waals surface area contributed by atoms with Gasteiger partial charge in [0.15, 0.2) is 11.4 Å². The summed E-state index contributed by atoms with van der Waals surface area (Å²) in [5.74, 6) is 0.544. The van der Waals surface area contributed by atoms with Gasteiger partial charge in [-0.05, 0) is 37.6 Å². The first-order valence-corrected chi connectivity index (χ1v) is 6.26. The molecule has 0 atom stereocenters. The summed E-state index contributed by atoms with van der Waals surface area (Å²) in [4.78, 5) is 11.5. The van der Waals surface area contributed by atoms with Crippen LogP contribution in [0.15, 0.2) is 30.3 Å². The van der Waals surface area contributed by atoms with E-state index in [-0.39, 0.29) is 17.5 Å². The first-order valence-electron chi connectivity index (χ1n) is 6.26. The number of rotatable bonds is 4. The molecule has 2 rings (SSSR count). The van der Waals surface area contributed by atoms with Crippen molar-refractivity contribution in [1.29, 1.82) is 0 Å². The Balaban J connectivity index is 2.14. The Morgan fingerprint density at radius 2 is 2.10 bits per heavy atom. The summed E-state index contributed by atoms with van der Waals surface area (Å²) in [6.07, 6.45) is 0. The number of ether oxygens (including phenoxy) is 1. The van der Waals surface area contributed by atoms with E-state index >= 15 is 0 Å². The van der Waals surface area contributed by atoms with E-state index in [1.54, 1.807) is 18.2 Å². The van der Waals surface area contributed by atoms with Gasteiger partial charge in [0.2, 0.25) is 5.88 Å². The lowest BCUT2D eigenvalue weighted by Gasteiger charge is -2.08. The largest absolute Gasteiger partial charge is 0.435 e. The molecule has 6 nitrogen and oxygen atoms in total. The predicted molar refractivity (Wildman–Crippen MR) is 75.7 cm³/mol. The molecular formula is C14H16N4O2. The fraction of sp³-hybridized carbons (Fsp3) is 0.214. The van der Waals surface area contributed by atoms with Gasteiger partial charge in [-0.25, -0.2) is 0 Å². The van der Waals surface area contributed by atoms with Gasteiger partial charge in [0, 0.05) is 12.6 Å². The second-order valence-electron chi connectivity index (χ2n) is 4.26. The Hall–Kier alpha value is -2.63. The monoisotopic (exact) mass is 272 g/mol. The van der Waals surface area contributed by atoms with Crippen LogP contribution < -0.4 is 15.8 Å². The van der Waals surface area contributed by atoms with E-state index in [4.69, 9.17) is 10.5 Å². The standard InChI is InChI=1S/C14H16N4O2/c1-3-16-14(19)11-6-7-13(18-17-11)20-12-8-9(2)4-5-10(12)15/h4-8H,3,15H2,1-2H3,(H,16,19). The Kier molecular flexibility index (Phi) is 4.14. The minimum Gasteiger partial charge on any atom is -0.435 e. The van der Waals surface area contributed by atoms with Gasteiger partial charge in [-0.1, -0.05) is 6.07 Å². The first-order chi connectivity index (χ1) is 9.60. The van der Waals surface area contributed by atoms with Crippen LogP contribution in [0.1, 0.15) is 23.0 Å². The minimum atomic E-state index is -0.262. The second kappa shape index (κ2) is 6.01. The van der Waals surface area contributed by atoms with Gasteiger partial charge >= 0.3 is 0 Å². The van der Waals surface area contributed by atoms with Gasteiger partial charge in [0.05, 0.1) is 5.69 Å². The van der Waals surface area contributed by atoms with Gasteiger partial charge in [0.25, 0.3) is 5.91 Å². The lowest BCUT2D eigenvalue weighted by Crippen LogP contribution is -2.23. The molecule has 2 aromatic rings. The molecule has 1 heterocycles. The highest BCUT2D eigenvalue weighted by Crippen LogP contribution is 2.26. The third kappa shape index (κ3) is 3.23. The number of nitrogens with one attached hydrogen (secondary N) is 1. The van der Waals surface area contributed by atoms with Crippen molar-refractivity contribution in [2.45, 2.75) is 13.8 Å². The normalized spacial score (nSPS) is 10.1. The Labute approximate surface area is 117 Å². The molecule has 1 aromatic heterocycles. The molecule has 1 aromatic carbocycles. The van der Waals surface area contributed by atoms with Crippen molar-refractivity contribution in [3.63, 3.8) is 0 Å². The molecule has 0 saturated carbocycles. The zero-order valence-electron chi connectivity index (χ0n) is 11.4. The maximum Gasteiger partial charge on any atom is 0.271 e. The molecular weight excluding hydrogens is 256 g/mol. The van der Waals surface area contributed by atoms with Crippen LogP contribution in [0.4, 0.5) is 5.69 Å². The van der Waals surface area contributed by atoms with Crippen LogP contribution in [0.3, 0.4) is 0 Å². The van der Waals surface area contributed by atoms with E-state index < -0.39 is 0 Å². The lowest BCUT2D eigenvalue weighted by molar-refractivity contribution is 0.0949. The summed E-state index contributed by atoms with van der Waals surface area (Å²) >= 11 is 0. The number of nitrogens with zero attached hydrogens (tertiary/aromatic N) is 2. The molecule has 0 saturated heterocycles. The van der Waals surface area contributed by atoms with Crippen LogP contribution in [0.2, 0.25) is 0 Å². The van der Waals surface area contributed by atoms with Crippen molar-refractivity contribution >= 4 is 11.6 Å². The molecule has 0 aliphatic heterocycles. The third-order valence-corrected chi connectivity index (χ3v) is 2.59. The average molecular weight is 272 g/mol. The van der Waals surface area contributed by atoms with E-state index in [2.05, 4.69) is 15.5 Å². The zero-order valence-corrected chi connectivity index (χ0v) is 11.4. The van der Waals surface area contributed by atoms with Crippen LogP contribution in [-0.2, 0) is 0 Å². The molecule has 1 amide bonds. The topological polar surface area (TPSA) is 90.1 Å². The summed E-state index contributed by atoms with van der Waals surface area (Å²) in [7, 11) is 0. The predicted octanol–water partition coefficient (Wildman–Crippen LogP) is 1.91. The minimum absolute atomic E-state index is 0.247. The summed E-state index contributed by atoms with van der Waals surface area (Å²) in [5, 5.41) is 10.3. The lowest BCUT2D eigenvalue weighted by atomic mass is 10.2. The number of aryl methyl sites for hydroxylation is 1. The van der Waals surface area contributed by atoms with Crippen LogP contribution >= 0.6 is 0 Å². The Morgan fingerprint density at radius 1 is 1.30 bits per heavy atom. The van der Waals surface area contributed by atoms with Crippen molar-refractivity contribution in [1.82, 2.24) is 15.5 Å². The van der Waals surface area contributed by atoms with Crippen molar-refractivity contribution in [3.05, 3.63) is 41.6 Å². The first kappa shape index (κ1) is 13.8. The molecule has 3 N–H and O–H groups in total. The highest BCUT2D eigenvalue weighted by molar-refractivity contribution is 5.91. The number of aromatic nitrogens is 2. The van der Waals surface area contributed by atoms with E-state index in [1.165, 1.54) is 0 Å².